The Balaban J connectivity index is 1.39. The van der Waals surface area contributed by atoms with Crippen LogP contribution in [0.1, 0.15) is 23.7 Å². The Morgan fingerprint density at radius 3 is 2.75 bits per heavy atom. The van der Waals surface area contributed by atoms with Crippen LogP contribution in [-0.4, -0.2) is 49.6 Å². The van der Waals surface area contributed by atoms with Crippen molar-refractivity contribution < 1.29 is 9.59 Å². The summed E-state index contributed by atoms with van der Waals surface area (Å²) in [7, 11) is 0. The number of carbonyl (C=O) groups excluding carboxylic acids is 2. The highest BCUT2D eigenvalue weighted by atomic mass is 35.5. The number of benzene rings is 1. The lowest BCUT2D eigenvalue weighted by atomic mass is 10.1. The van der Waals surface area contributed by atoms with Gasteiger partial charge in [-0.15, -0.1) is 0 Å². The summed E-state index contributed by atoms with van der Waals surface area (Å²) < 4.78 is 1.90. The van der Waals surface area contributed by atoms with Crippen LogP contribution in [0.25, 0.3) is 22.2 Å². The number of anilines is 1. The molecule has 4 heterocycles. The minimum atomic E-state index is -0.242. The van der Waals surface area contributed by atoms with Crippen molar-refractivity contribution in [3.63, 3.8) is 0 Å². The first-order valence-electron chi connectivity index (χ1n) is 11.6. The molecule has 0 aliphatic carbocycles. The van der Waals surface area contributed by atoms with E-state index in [1.165, 1.54) is 0 Å². The first-order chi connectivity index (χ1) is 17.5. The second-order valence-electron chi connectivity index (χ2n) is 8.58. The van der Waals surface area contributed by atoms with Gasteiger partial charge in [0.2, 0.25) is 0 Å². The third kappa shape index (κ3) is 4.79. The van der Waals surface area contributed by atoms with Gasteiger partial charge < -0.3 is 10.2 Å². The first kappa shape index (κ1) is 23.5. The van der Waals surface area contributed by atoms with Crippen LogP contribution in [0.3, 0.4) is 0 Å². The van der Waals surface area contributed by atoms with E-state index in [0.717, 1.165) is 28.6 Å². The summed E-state index contributed by atoms with van der Waals surface area (Å²) in [6.07, 6.45) is 5.86. The summed E-state index contributed by atoms with van der Waals surface area (Å²) in [5, 5.41) is 9.01. The fourth-order valence-corrected chi connectivity index (χ4v) is 4.69. The number of nitrogens with zero attached hydrogens (tertiary/aromatic N) is 5. The molecule has 1 aromatic carbocycles. The zero-order valence-corrected chi connectivity index (χ0v) is 20.4. The summed E-state index contributed by atoms with van der Waals surface area (Å²) in [5.41, 5.74) is 2.89. The summed E-state index contributed by atoms with van der Waals surface area (Å²) in [6.45, 7) is 3.60. The van der Waals surface area contributed by atoms with Crippen molar-refractivity contribution in [3.05, 3.63) is 71.6 Å². The van der Waals surface area contributed by atoms with E-state index < -0.39 is 0 Å². The number of halogens is 1. The first-order valence-corrected chi connectivity index (χ1v) is 12.0. The number of nitrogens with one attached hydrogen (secondary N) is 1. The molecule has 2 amide bonds. The molecule has 3 aromatic heterocycles. The minimum Gasteiger partial charge on any atom is -0.332 e. The Morgan fingerprint density at radius 1 is 1.17 bits per heavy atom. The quantitative estimate of drug-likeness (QED) is 0.415. The predicted molar refractivity (Wildman–Crippen MR) is 138 cm³/mol. The normalized spacial score (nSPS) is 14.9. The second-order valence-corrected chi connectivity index (χ2v) is 8.98. The Morgan fingerprint density at radius 2 is 2.00 bits per heavy atom. The maximum atomic E-state index is 12.6. The van der Waals surface area contributed by atoms with E-state index >= 15 is 0 Å². The number of pyridine rings is 2. The van der Waals surface area contributed by atoms with Crippen LogP contribution in [-0.2, 0) is 11.3 Å². The number of rotatable bonds is 5. The molecule has 1 saturated heterocycles. The van der Waals surface area contributed by atoms with Gasteiger partial charge in [0.05, 0.1) is 10.5 Å². The van der Waals surface area contributed by atoms with Crippen LogP contribution in [0.2, 0.25) is 5.02 Å². The molecule has 5 rings (SSSR count). The lowest BCUT2D eigenvalue weighted by molar-refractivity contribution is -0.124. The summed E-state index contributed by atoms with van der Waals surface area (Å²) in [4.78, 5) is 34.9. The van der Waals surface area contributed by atoms with Crippen molar-refractivity contribution in [1.29, 1.82) is 0 Å². The van der Waals surface area contributed by atoms with Gasteiger partial charge in [-0.2, -0.15) is 5.10 Å². The largest absolute Gasteiger partial charge is 0.332 e. The van der Waals surface area contributed by atoms with E-state index in [1.54, 1.807) is 54.7 Å². The second kappa shape index (κ2) is 10.2. The summed E-state index contributed by atoms with van der Waals surface area (Å²) in [6, 6.07) is 12.6. The van der Waals surface area contributed by atoms with Crippen LogP contribution in [0.4, 0.5) is 5.82 Å². The average Bonchev–Trinajstić information content (AvgIpc) is 3.51. The molecule has 180 valence electrons. The molecule has 1 atom stereocenters. The summed E-state index contributed by atoms with van der Waals surface area (Å²) >= 11 is 6.55. The molecule has 36 heavy (non-hydrogen) atoms. The van der Waals surface area contributed by atoms with E-state index in [0.29, 0.717) is 36.0 Å². The fraction of sp³-hybridized carbons (Fsp3) is 0.222. The van der Waals surface area contributed by atoms with E-state index in [-0.39, 0.29) is 17.7 Å². The number of fused-ring (bicyclic) bond motifs is 1. The highest BCUT2D eigenvalue weighted by Crippen LogP contribution is 2.33. The smallest absolute Gasteiger partial charge is 0.298 e. The van der Waals surface area contributed by atoms with Crippen LogP contribution < -0.4 is 5.32 Å². The molecule has 1 fully saturated rings. The fourth-order valence-electron chi connectivity index (χ4n) is 4.44. The van der Waals surface area contributed by atoms with Gasteiger partial charge in [-0.3, -0.25) is 19.3 Å². The van der Waals surface area contributed by atoms with Crippen molar-refractivity contribution in [2.24, 2.45) is 5.92 Å². The van der Waals surface area contributed by atoms with E-state index in [2.05, 4.69) is 27.1 Å². The van der Waals surface area contributed by atoms with Gasteiger partial charge in [-0.05, 0) is 49.4 Å². The van der Waals surface area contributed by atoms with Crippen molar-refractivity contribution in [3.8, 4) is 23.1 Å². The van der Waals surface area contributed by atoms with E-state index in [9.17, 15) is 9.59 Å². The highest BCUT2D eigenvalue weighted by Gasteiger charge is 2.27. The maximum Gasteiger partial charge on any atom is 0.298 e. The molecule has 1 N–H and O–H groups in total. The molecule has 0 spiro atoms. The third-order valence-corrected chi connectivity index (χ3v) is 6.45. The van der Waals surface area contributed by atoms with Gasteiger partial charge in [-0.1, -0.05) is 35.7 Å². The molecular formula is C27H23ClN6O2. The Bertz CT molecular complexity index is 1490. The molecule has 0 saturated carbocycles. The van der Waals surface area contributed by atoms with Crippen molar-refractivity contribution >= 4 is 40.1 Å². The molecule has 1 aliphatic rings. The highest BCUT2D eigenvalue weighted by molar-refractivity contribution is 6.35. The molecule has 0 bridgehead atoms. The zero-order chi connectivity index (χ0) is 25.1. The number of hydrogen-bond acceptors (Lipinski definition) is 5. The molecule has 9 heteroatoms. The van der Waals surface area contributed by atoms with Gasteiger partial charge in [0.15, 0.2) is 0 Å². The SMILES string of the molecule is CC#CC(=O)N1CC[C@@H](Cn2nc(-c3ccc(C(=O)Nc4ccccn4)cc3)c3cncc(Cl)c32)C1. The lowest BCUT2D eigenvalue weighted by Gasteiger charge is -2.14. The van der Waals surface area contributed by atoms with E-state index in [4.69, 9.17) is 16.7 Å². The van der Waals surface area contributed by atoms with Crippen LogP contribution in [0.5, 0.6) is 0 Å². The third-order valence-electron chi connectivity index (χ3n) is 6.17. The Labute approximate surface area is 213 Å². The molecule has 0 radical (unpaired) electrons. The van der Waals surface area contributed by atoms with Gasteiger partial charge in [0.25, 0.3) is 11.8 Å². The Hall–Kier alpha value is -4.22. The topological polar surface area (TPSA) is 93.0 Å². The van der Waals surface area contributed by atoms with Gasteiger partial charge >= 0.3 is 0 Å². The van der Waals surface area contributed by atoms with Gasteiger partial charge in [0.1, 0.15) is 11.5 Å². The molecule has 8 nitrogen and oxygen atoms in total. The van der Waals surface area contributed by atoms with Crippen molar-refractivity contribution in [2.75, 3.05) is 18.4 Å². The number of aromatic nitrogens is 4. The van der Waals surface area contributed by atoms with Crippen LogP contribution in [0.15, 0.2) is 61.1 Å². The average molecular weight is 499 g/mol. The lowest BCUT2D eigenvalue weighted by Crippen LogP contribution is -2.28. The van der Waals surface area contributed by atoms with Crippen LogP contribution >= 0.6 is 11.6 Å². The van der Waals surface area contributed by atoms with Gasteiger partial charge in [-0.25, -0.2) is 4.98 Å². The zero-order valence-electron chi connectivity index (χ0n) is 19.6. The number of likely N-dealkylation sites (tertiary alicyclic amines) is 1. The molecule has 4 aromatic rings. The standard InChI is InChI=1S/C27H23ClN6O2/c1-2-5-24(35)33-13-11-18(16-33)17-34-26-21(14-29-15-22(26)28)25(32-34)19-7-9-20(10-8-19)27(36)31-23-6-3-4-12-30-23/h3-4,6-10,12,14-15,18H,11,13,16-17H2,1H3,(H,30,31,36)/t18-/m1/s1. The van der Waals surface area contributed by atoms with Crippen molar-refractivity contribution in [1.82, 2.24) is 24.6 Å². The van der Waals surface area contributed by atoms with Crippen molar-refractivity contribution in [2.45, 2.75) is 19.9 Å². The Kier molecular flexibility index (Phi) is 6.65. The molecule has 1 aliphatic heterocycles. The number of hydrogen-bond donors (Lipinski definition) is 1. The van der Waals surface area contributed by atoms with E-state index in [1.807, 2.05) is 22.9 Å². The molecule has 0 unspecified atom stereocenters. The number of amides is 2. The number of carbonyl (C=O) groups is 2. The maximum absolute atomic E-state index is 12.6. The summed E-state index contributed by atoms with van der Waals surface area (Å²) in [5.74, 6) is 5.64. The van der Waals surface area contributed by atoms with Gasteiger partial charge in [0, 0.05) is 54.7 Å². The minimum absolute atomic E-state index is 0.139. The molecular weight excluding hydrogens is 476 g/mol. The van der Waals surface area contributed by atoms with Crippen LogP contribution in [0, 0.1) is 17.8 Å². The predicted octanol–water partition coefficient (Wildman–Crippen LogP) is 4.27. The monoisotopic (exact) mass is 498 g/mol.